The lowest BCUT2D eigenvalue weighted by molar-refractivity contribution is 0.102. The molecule has 2 aromatic rings. The number of halogens is 3. The molecule has 110 valence electrons. The smallest absolute Gasteiger partial charge is 0.274 e. The molecule has 0 radical (unpaired) electrons. The molecule has 9 heteroatoms. The van der Waals surface area contributed by atoms with Gasteiger partial charge in [-0.05, 0) is 46.3 Å². The van der Waals surface area contributed by atoms with Crippen LogP contribution in [-0.4, -0.2) is 19.3 Å². The van der Waals surface area contributed by atoms with Gasteiger partial charge in [-0.15, -0.1) is 0 Å². The van der Waals surface area contributed by atoms with Gasteiger partial charge in [-0.25, -0.2) is 17.8 Å². The Bertz CT molecular complexity index is 797. The molecule has 5 nitrogen and oxygen atoms in total. The highest BCUT2D eigenvalue weighted by molar-refractivity contribution is 9.10. The molecule has 21 heavy (non-hydrogen) atoms. The van der Waals surface area contributed by atoms with Gasteiger partial charge >= 0.3 is 0 Å². The molecule has 0 saturated heterocycles. The molecule has 0 aliphatic rings. The third kappa shape index (κ3) is 3.99. The Morgan fingerprint density at radius 3 is 2.52 bits per heavy atom. The third-order valence-corrected chi connectivity index (χ3v) is 4.44. The van der Waals surface area contributed by atoms with Gasteiger partial charge in [0.2, 0.25) is 0 Å². The van der Waals surface area contributed by atoms with Crippen molar-refractivity contribution in [3.63, 3.8) is 0 Å². The first-order valence-electron chi connectivity index (χ1n) is 5.44. The number of hydrogen-bond acceptors (Lipinski definition) is 4. The van der Waals surface area contributed by atoms with E-state index in [2.05, 4.69) is 26.2 Å². The third-order valence-electron chi connectivity index (χ3n) is 2.43. The number of benzene rings is 1. The van der Waals surface area contributed by atoms with Crippen LogP contribution in [0.25, 0.3) is 0 Å². The van der Waals surface area contributed by atoms with Crippen LogP contribution in [0.2, 0.25) is 0 Å². The average Bonchev–Trinajstić information content (AvgIpc) is 2.40. The number of amides is 1. The fourth-order valence-corrected chi connectivity index (χ4v) is 2.85. The number of anilines is 1. The lowest BCUT2D eigenvalue weighted by Gasteiger charge is -2.08. The fourth-order valence-electron chi connectivity index (χ4n) is 1.45. The molecule has 1 N–H and O–H groups in total. The quantitative estimate of drug-likeness (QED) is 0.813. The molecule has 0 fully saturated rings. The van der Waals surface area contributed by atoms with E-state index in [4.69, 9.17) is 10.7 Å². The van der Waals surface area contributed by atoms with Crippen LogP contribution in [0.5, 0.6) is 0 Å². The van der Waals surface area contributed by atoms with E-state index in [0.717, 1.165) is 12.3 Å². The van der Waals surface area contributed by atoms with Crippen molar-refractivity contribution in [3.8, 4) is 0 Å². The molecule has 1 aromatic heterocycles. The molecule has 0 spiro atoms. The summed E-state index contributed by atoms with van der Waals surface area (Å²) < 4.78 is 35.4. The maximum Gasteiger partial charge on any atom is 0.274 e. The van der Waals surface area contributed by atoms with Gasteiger partial charge in [-0.1, -0.05) is 0 Å². The summed E-state index contributed by atoms with van der Waals surface area (Å²) in [5, 5.41) is 2.52. The Kier molecular flexibility index (Phi) is 4.60. The van der Waals surface area contributed by atoms with Crippen molar-refractivity contribution in [2.45, 2.75) is 4.90 Å². The van der Waals surface area contributed by atoms with E-state index in [1.165, 1.54) is 24.3 Å². The van der Waals surface area contributed by atoms with E-state index in [0.29, 0.717) is 10.2 Å². The van der Waals surface area contributed by atoms with Crippen LogP contribution in [0.15, 0.2) is 45.9 Å². The van der Waals surface area contributed by atoms with E-state index >= 15 is 0 Å². The zero-order valence-electron chi connectivity index (χ0n) is 10.2. The number of aromatic nitrogens is 1. The summed E-state index contributed by atoms with van der Waals surface area (Å²) in [5.74, 6) is -1.11. The summed E-state index contributed by atoms with van der Waals surface area (Å²) in [7, 11) is 1.37. The standard InChI is InChI=1S/C12H7BrClFN2O3S/c13-9-5-8(21(14,19)20)2-4-10(9)17-12(18)11-3-1-7(15)6-16-11/h1-6H,(H,17,18). The lowest BCUT2D eigenvalue weighted by Crippen LogP contribution is -2.14. The largest absolute Gasteiger partial charge is 0.320 e. The van der Waals surface area contributed by atoms with E-state index in [-0.39, 0.29) is 10.6 Å². The highest BCUT2D eigenvalue weighted by Gasteiger charge is 2.14. The SMILES string of the molecule is O=C(Nc1ccc(S(=O)(=O)Cl)cc1Br)c1ccc(F)cn1. The van der Waals surface area contributed by atoms with Crippen molar-refractivity contribution >= 4 is 47.3 Å². The second-order valence-electron chi connectivity index (χ2n) is 3.90. The molecule has 0 bridgehead atoms. The van der Waals surface area contributed by atoms with Gasteiger partial charge in [-0.2, -0.15) is 0 Å². The van der Waals surface area contributed by atoms with Gasteiger partial charge in [0.25, 0.3) is 15.0 Å². The number of pyridine rings is 1. The highest BCUT2D eigenvalue weighted by Crippen LogP contribution is 2.27. The number of carbonyl (C=O) groups is 1. The lowest BCUT2D eigenvalue weighted by atomic mass is 10.3. The van der Waals surface area contributed by atoms with Crippen LogP contribution < -0.4 is 5.32 Å². The Hall–Kier alpha value is -1.51. The summed E-state index contributed by atoms with van der Waals surface area (Å²) in [6, 6.07) is 6.23. The van der Waals surface area contributed by atoms with Crippen molar-refractivity contribution < 1.29 is 17.6 Å². The maximum atomic E-state index is 12.7. The summed E-state index contributed by atoms with van der Waals surface area (Å²) in [4.78, 5) is 15.4. The van der Waals surface area contributed by atoms with Crippen LogP contribution in [0.3, 0.4) is 0 Å². The van der Waals surface area contributed by atoms with Gasteiger partial charge in [0.1, 0.15) is 11.5 Å². The summed E-state index contributed by atoms with van der Waals surface area (Å²) in [6.07, 6.45) is 0.924. The molecule has 1 aromatic carbocycles. The Morgan fingerprint density at radius 2 is 2.00 bits per heavy atom. The van der Waals surface area contributed by atoms with Crippen LogP contribution >= 0.6 is 26.6 Å². The molecule has 1 amide bonds. The molecule has 0 aliphatic heterocycles. The minimum Gasteiger partial charge on any atom is -0.320 e. The first-order chi connectivity index (χ1) is 9.77. The normalized spacial score (nSPS) is 11.2. The van der Waals surface area contributed by atoms with Crippen molar-refractivity contribution in [2.75, 3.05) is 5.32 Å². The van der Waals surface area contributed by atoms with Gasteiger partial charge in [0.05, 0.1) is 16.8 Å². The molecule has 0 aliphatic carbocycles. The Morgan fingerprint density at radius 1 is 1.29 bits per heavy atom. The van der Waals surface area contributed by atoms with Crippen LogP contribution in [0, 0.1) is 5.82 Å². The van der Waals surface area contributed by atoms with Gasteiger partial charge < -0.3 is 5.32 Å². The van der Waals surface area contributed by atoms with E-state index < -0.39 is 20.8 Å². The van der Waals surface area contributed by atoms with Gasteiger partial charge in [0, 0.05) is 15.2 Å². The monoisotopic (exact) mass is 392 g/mol. The van der Waals surface area contributed by atoms with Gasteiger partial charge in [0.15, 0.2) is 0 Å². The zero-order valence-corrected chi connectivity index (χ0v) is 13.3. The highest BCUT2D eigenvalue weighted by atomic mass is 79.9. The molecule has 0 saturated carbocycles. The van der Waals surface area contributed by atoms with E-state index in [1.807, 2.05) is 0 Å². The zero-order chi connectivity index (χ0) is 15.6. The number of nitrogens with one attached hydrogen (secondary N) is 1. The average molecular weight is 394 g/mol. The predicted octanol–water partition coefficient (Wildman–Crippen LogP) is 3.16. The molecule has 1 heterocycles. The van der Waals surface area contributed by atoms with Crippen LogP contribution in [0.4, 0.5) is 10.1 Å². The summed E-state index contributed by atoms with van der Waals surface area (Å²) >= 11 is 3.13. The Labute approximate surface area is 132 Å². The number of rotatable bonds is 3. The summed E-state index contributed by atoms with van der Waals surface area (Å²) in [5.41, 5.74) is 0.354. The topological polar surface area (TPSA) is 76.1 Å². The molecular weight excluding hydrogens is 387 g/mol. The maximum absolute atomic E-state index is 12.7. The van der Waals surface area contributed by atoms with Crippen molar-refractivity contribution in [2.24, 2.45) is 0 Å². The Balaban J connectivity index is 2.24. The molecule has 0 unspecified atom stereocenters. The second-order valence-corrected chi connectivity index (χ2v) is 7.32. The van der Waals surface area contributed by atoms with E-state index in [1.54, 1.807) is 0 Å². The van der Waals surface area contributed by atoms with Crippen molar-refractivity contribution in [1.82, 2.24) is 4.98 Å². The molecule has 2 rings (SSSR count). The first-order valence-corrected chi connectivity index (χ1v) is 8.55. The fraction of sp³-hybridized carbons (Fsp3) is 0. The number of hydrogen-bond donors (Lipinski definition) is 1. The van der Waals surface area contributed by atoms with Crippen molar-refractivity contribution in [3.05, 3.63) is 52.5 Å². The van der Waals surface area contributed by atoms with Crippen LogP contribution in [0.1, 0.15) is 10.5 Å². The minimum atomic E-state index is -3.85. The van der Waals surface area contributed by atoms with Crippen LogP contribution in [-0.2, 0) is 9.05 Å². The van der Waals surface area contributed by atoms with Gasteiger partial charge in [-0.3, -0.25) is 4.79 Å². The minimum absolute atomic E-state index is 0.0253. The number of carbonyl (C=O) groups excluding carboxylic acids is 1. The molecular formula is C12H7BrClFN2O3S. The predicted molar refractivity (Wildman–Crippen MR) is 79.3 cm³/mol. The van der Waals surface area contributed by atoms with E-state index in [9.17, 15) is 17.6 Å². The molecule has 0 atom stereocenters. The first kappa shape index (κ1) is 15.9. The summed E-state index contributed by atoms with van der Waals surface area (Å²) in [6.45, 7) is 0. The van der Waals surface area contributed by atoms with Crippen molar-refractivity contribution in [1.29, 1.82) is 0 Å². The number of nitrogens with zero attached hydrogens (tertiary/aromatic N) is 1. The second kappa shape index (κ2) is 6.08.